The molecule has 0 spiro atoms. The van der Waals surface area contributed by atoms with E-state index >= 15 is 0 Å². The van der Waals surface area contributed by atoms with Gasteiger partial charge in [-0.1, -0.05) is 30.3 Å². The molecule has 2 nitrogen and oxygen atoms in total. The molecule has 0 aromatic heterocycles. The monoisotopic (exact) mass is 229 g/mol. The molecule has 0 saturated heterocycles. The molecule has 2 aromatic carbocycles. The van der Waals surface area contributed by atoms with Crippen LogP contribution in [0.2, 0.25) is 0 Å². The van der Waals surface area contributed by atoms with Crippen LogP contribution in [0.5, 0.6) is 5.75 Å². The highest BCUT2D eigenvalue weighted by Gasteiger charge is 1.97. The van der Waals surface area contributed by atoms with Crippen molar-refractivity contribution in [1.29, 1.82) is 0 Å². The Balaban J connectivity index is 1.95. The Morgan fingerprint density at radius 2 is 1.76 bits per heavy atom. The molecule has 0 N–H and O–H groups in total. The van der Waals surface area contributed by atoms with Crippen molar-refractivity contribution < 1.29 is 4.74 Å². The SMILES string of the molecule is CN(C)CCCOc1ccc2ccccc2c1. The summed E-state index contributed by atoms with van der Waals surface area (Å²) in [7, 11) is 4.16. The van der Waals surface area contributed by atoms with E-state index in [1.807, 2.05) is 6.07 Å². The van der Waals surface area contributed by atoms with Gasteiger partial charge in [-0.2, -0.15) is 0 Å². The van der Waals surface area contributed by atoms with Gasteiger partial charge in [0.05, 0.1) is 6.61 Å². The van der Waals surface area contributed by atoms with E-state index in [1.165, 1.54) is 10.8 Å². The van der Waals surface area contributed by atoms with Crippen LogP contribution >= 0.6 is 0 Å². The van der Waals surface area contributed by atoms with E-state index in [4.69, 9.17) is 4.74 Å². The summed E-state index contributed by atoms with van der Waals surface area (Å²) in [5.41, 5.74) is 0. The summed E-state index contributed by atoms with van der Waals surface area (Å²) in [6.45, 7) is 1.84. The number of hydrogen-bond acceptors (Lipinski definition) is 2. The second-order valence-corrected chi connectivity index (χ2v) is 4.51. The molecule has 0 radical (unpaired) electrons. The summed E-state index contributed by atoms with van der Waals surface area (Å²) in [4.78, 5) is 2.17. The van der Waals surface area contributed by atoms with Crippen molar-refractivity contribution in [3.05, 3.63) is 42.5 Å². The molecular weight excluding hydrogens is 210 g/mol. The van der Waals surface area contributed by atoms with E-state index in [-0.39, 0.29) is 0 Å². The van der Waals surface area contributed by atoms with Gasteiger partial charge in [-0.25, -0.2) is 0 Å². The maximum absolute atomic E-state index is 5.74. The molecule has 17 heavy (non-hydrogen) atoms. The maximum atomic E-state index is 5.74. The van der Waals surface area contributed by atoms with Crippen molar-refractivity contribution in [2.75, 3.05) is 27.2 Å². The lowest BCUT2D eigenvalue weighted by molar-refractivity contribution is 0.282. The van der Waals surface area contributed by atoms with Crippen molar-refractivity contribution >= 4 is 10.8 Å². The zero-order chi connectivity index (χ0) is 12.1. The summed E-state index contributed by atoms with van der Waals surface area (Å²) in [6, 6.07) is 14.6. The van der Waals surface area contributed by atoms with Crippen LogP contribution in [0.15, 0.2) is 42.5 Å². The van der Waals surface area contributed by atoms with Crippen molar-refractivity contribution in [3.63, 3.8) is 0 Å². The lowest BCUT2D eigenvalue weighted by Gasteiger charge is -2.10. The Morgan fingerprint density at radius 1 is 1.00 bits per heavy atom. The quantitative estimate of drug-likeness (QED) is 0.730. The molecular formula is C15H19NO. The second kappa shape index (κ2) is 5.69. The van der Waals surface area contributed by atoms with Gasteiger partial charge in [0.15, 0.2) is 0 Å². The Bertz CT molecular complexity index is 479. The Hall–Kier alpha value is -1.54. The number of rotatable bonds is 5. The molecule has 0 atom stereocenters. The Kier molecular flexibility index (Phi) is 3.99. The molecule has 0 bridgehead atoms. The van der Waals surface area contributed by atoms with Gasteiger partial charge in [-0.3, -0.25) is 0 Å². The van der Waals surface area contributed by atoms with Crippen LogP contribution in [0.1, 0.15) is 6.42 Å². The number of benzene rings is 2. The highest BCUT2D eigenvalue weighted by molar-refractivity contribution is 5.83. The predicted octanol–water partition coefficient (Wildman–Crippen LogP) is 3.17. The van der Waals surface area contributed by atoms with Crippen LogP contribution in [-0.4, -0.2) is 32.1 Å². The number of hydrogen-bond donors (Lipinski definition) is 0. The van der Waals surface area contributed by atoms with E-state index in [0.717, 1.165) is 25.3 Å². The number of nitrogens with zero attached hydrogens (tertiary/aromatic N) is 1. The average molecular weight is 229 g/mol. The van der Waals surface area contributed by atoms with E-state index in [0.29, 0.717) is 0 Å². The molecule has 0 heterocycles. The lowest BCUT2D eigenvalue weighted by Crippen LogP contribution is -2.15. The van der Waals surface area contributed by atoms with Gasteiger partial charge in [0.2, 0.25) is 0 Å². The molecule has 0 saturated carbocycles. The van der Waals surface area contributed by atoms with Gasteiger partial charge in [-0.15, -0.1) is 0 Å². The molecule has 2 rings (SSSR count). The van der Waals surface area contributed by atoms with Gasteiger partial charge >= 0.3 is 0 Å². The van der Waals surface area contributed by atoms with Gasteiger partial charge in [0.1, 0.15) is 5.75 Å². The first kappa shape index (κ1) is 11.9. The Morgan fingerprint density at radius 3 is 2.53 bits per heavy atom. The highest BCUT2D eigenvalue weighted by Crippen LogP contribution is 2.20. The Labute approximate surface area is 103 Å². The molecule has 0 fully saturated rings. The molecule has 2 heteroatoms. The second-order valence-electron chi connectivity index (χ2n) is 4.51. The van der Waals surface area contributed by atoms with Crippen molar-refractivity contribution in [3.8, 4) is 5.75 Å². The first-order valence-electron chi connectivity index (χ1n) is 6.02. The molecule has 0 aliphatic carbocycles. The summed E-state index contributed by atoms with van der Waals surface area (Å²) in [5, 5.41) is 2.49. The average Bonchev–Trinajstić information content (AvgIpc) is 2.34. The summed E-state index contributed by atoms with van der Waals surface area (Å²) in [6.07, 6.45) is 1.06. The first-order valence-corrected chi connectivity index (χ1v) is 6.02. The number of fused-ring (bicyclic) bond motifs is 1. The van der Waals surface area contributed by atoms with Crippen LogP contribution in [-0.2, 0) is 0 Å². The maximum Gasteiger partial charge on any atom is 0.119 e. The molecule has 0 amide bonds. The summed E-state index contributed by atoms with van der Waals surface area (Å²) < 4.78 is 5.74. The lowest BCUT2D eigenvalue weighted by atomic mass is 10.1. The fraction of sp³-hybridized carbons (Fsp3) is 0.333. The van der Waals surface area contributed by atoms with E-state index < -0.39 is 0 Å². The molecule has 0 unspecified atom stereocenters. The fourth-order valence-electron chi connectivity index (χ4n) is 1.83. The minimum absolute atomic E-state index is 0.774. The van der Waals surface area contributed by atoms with Crippen LogP contribution in [0, 0.1) is 0 Å². The van der Waals surface area contributed by atoms with Crippen LogP contribution in [0.25, 0.3) is 10.8 Å². The smallest absolute Gasteiger partial charge is 0.119 e. The fourth-order valence-corrected chi connectivity index (χ4v) is 1.83. The third-order valence-electron chi connectivity index (χ3n) is 2.74. The third-order valence-corrected chi connectivity index (χ3v) is 2.74. The van der Waals surface area contributed by atoms with Crippen LogP contribution < -0.4 is 4.74 Å². The molecule has 0 aliphatic heterocycles. The van der Waals surface area contributed by atoms with Crippen molar-refractivity contribution in [1.82, 2.24) is 4.90 Å². The van der Waals surface area contributed by atoms with E-state index in [1.54, 1.807) is 0 Å². The van der Waals surface area contributed by atoms with Gasteiger partial charge in [0.25, 0.3) is 0 Å². The van der Waals surface area contributed by atoms with Crippen LogP contribution in [0.3, 0.4) is 0 Å². The van der Waals surface area contributed by atoms with E-state index in [2.05, 4.69) is 55.4 Å². The minimum atomic E-state index is 0.774. The van der Waals surface area contributed by atoms with Crippen molar-refractivity contribution in [2.24, 2.45) is 0 Å². The van der Waals surface area contributed by atoms with Gasteiger partial charge in [-0.05, 0) is 43.4 Å². The molecule has 2 aromatic rings. The topological polar surface area (TPSA) is 12.5 Å². The minimum Gasteiger partial charge on any atom is -0.494 e. The molecule has 90 valence electrons. The predicted molar refractivity (Wildman–Crippen MR) is 72.6 cm³/mol. The largest absolute Gasteiger partial charge is 0.494 e. The van der Waals surface area contributed by atoms with Gasteiger partial charge in [0, 0.05) is 6.54 Å². The first-order chi connectivity index (χ1) is 8.25. The standard InChI is InChI=1S/C15H19NO/c1-16(2)10-5-11-17-15-9-8-13-6-3-4-7-14(13)12-15/h3-4,6-9,12H,5,10-11H2,1-2H3. The van der Waals surface area contributed by atoms with E-state index in [9.17, 15) is 0 Å². The highest BCUT2D eigenvalue weighted by atomic mass is 16.5. The molecule has 0 aliphatic rings. The zero-order valence-electron chi connectivity index (χ0n) is 10.5. The summed E-state index contributed by atoms with van der Waals surface area (Å²) in [5.74, 6) is 0.961. The van der Waals surface area contributed by atoms with Gasteiger partial charge < -0.3 is 9.64 Å². The normalized spacial score (nSPS) is 11.0. The third kappa shape index (κ3) is 3.46. The number of ether oxygens (including phenoxy) is 1. The van der Waals surface area contributed by atoms with Crippen LogP contribution in [0.4, 0.5) is 0 Å². The zero-order valence-corrected chi connectivity index (χ0v) is 10.5. The van der Waals surface area contributed by atoms with Crippen molar-refractivity contribution in [2.45, 2.75) is 6.42 Å². The summed E-state index contributed by atoms with van der Waals surface area (Å²) >= 11 is 0.